The molecule has 1 fully saturated rings. The normalized spacial score (nSPS) is 14.2. The maximum atomic E-state index is 12.6. The van der Waals surface area contributed by atoms with Gasteiger partial charge in [-0.2, -0.15) is 0 Å². The van der Waals surface area contributed by atoms with Crippen molar-refractivity contribution in [1.82, 2.24) is 4.90 Å². The van der Waals surface area contributed by atoms with Gasteiger partial charge in [0.25, 0.3) is 5.91 Å². The summed E-state index contributed by atoms with van der Waals surface area (Å²) >= 11 is 1.40. The summed E-state index contributed by atoms with van der Waals surface area (Å²) in [5, 5.41) is 17.9. The van der Waals surface area contributed by atoms with E-state index in [1.54, 1.807) is 4.90 Å². The molecule has 1 saturated carbocycles. The molecule has 21 heavy (non-hydrogen) atoms. The Labute approximate surface area is 129 Å². The van der Waals surface area contributed by atoms with E-state index in [2.05, 4.69) is 11.8 Å². The van der Waals surface area contributed by atoms with Crippen LogP contribution in [0.2, 0.25) is 0 Å². The van der Waals surface area contributed by atoms with E-state index < -0.39 is 0 Å². The Balaban J connectivity index is 2.14. The molecule has 2 rings (SSSR count). The molecule has 114 valence electrons. The first-order valence-electron chi connectivity index (χ1n) is 7.29. The first-order chi connectivity index (χ1) is 10.2. The molecule has 1 aromatic heterocycles. The molecule has 0 radical (unpaired) electrons. The smallest absolute Gasteiger partial charge is 0.264 e. The number of nitrogens with zero attached hydrogens (tertiary/aromatic N) is 1. The van der Waals surface area contributed by atoms with Crippen LogP contribution in [-0.4, -0.2) is 46.8 Å². The summed E-state index contributed by atoms with van der Waals surface area (Å²) < 4.78 is 0. The molecule has 0 unspecified atom stereocenters. The van der Waals surface area contributed by atoms with E-state index in [9.17, 15) is 4.79 Å². The summed E-state index contributed by atoms with van der Waals surface area (Å²) in [5.74, 6) is 5.89. The van der Waals surface area contributed by atoms with Crippen molar-refractivity contribution >= 4 is 17.2 Å². The van der Waals surface area contributed by atoms with Crippen LogP contribution in [0.4, 0.5) is 0 Å². The molecule has 0 bridgehead atoms. The van der Waals surface area contributed by atoms with Crippen molar-refractivity contribution in [2.75, 3.05) is 19.8 Å². The quantitative estimate of drug-likeness (QED) is 0.815. The third kappa shape index (κ3) is 3.85. The van der Waals surface area contributed by atoms with Crippen LogP contribution in [0.25, 0.3) is 0 Å². The minimum atomic E-state index is -0.00421. The summed E-state index contributed by atoms with van der Waals surface area (Å²) in [4.78, 5) is 16.0. The largest absolute Gasteiger partial charge is 0.395 e. The number of aliphatic hydroxyl groups excluding tert-OH is 2. The van der Waals surface area contributed by atoms with Gasteiger partial charge in [-0.25, -0.2) is 0 Å². The van der Waals surface area contributed by atoms with Gasteiger partial charge in [-0.3, -0.25) is 4.79 Å². The van der Waals surface area contributed by atoms with E-state index in [0.717, 1.165) is 29.7 Å². The SMILES string of the molecule is Cc1cc(C(=O)N(CCO)C2CCC2)sc1C#CCCO. The number of rotatable bonds is 5. The van der Waals surface area contributed by atoms with E-state index >= 15 is 0 Å². The van der Waals surface area contributed by atoms with Gasteiger partial charge in [0.05, 0.1) is 23.0 Å². The standard InChI is InChI=1S/C16H21NO3S/c1-12-11-15(21-14(12)7-2-3-9-18)16(20)17(8-10-19)13-5-4-6-13/h11,13,18-19H,3-6,8-10H2,1H3. The Morgan fingerprint density at radius 3 is 2.76 bits per heavy atom. The van der Waals surface area contributed by atoms with Crippen LogP contribution < -0.4 is 0 Å². The fourth-order valence-corrected chi connectivity index (χ4v) is 3.31. The Morgan fingerprint density at radius 2 is 2.19 bits per heavy atom. The lowest BCUT2D eigenvalue weighted by molar-refractivity contribution is 0.0530. The van der Waals surface area contributed by atoms with Crippen molar-refractivity contribution in [3.8, 4) is 11.8 Å². The molecule has 0 aliphatic heterocycles. The Bertz CT molecular complexity index is 552. The number of aliphatic hydroxyl groups is 2. The van der Waals surface area contributed by atoms with Crippen molar-refractivity contribution in [1.29, 1.82) is 0 Å². The monoisotopic (exact) mass is 307 g/mol. The number of hydrogen-bond acceptors (Lipinski definition) is 4. The molecule has 2 N–H and O–H groups in total. The summed E-state index contributed by atoms with van der Waals surface area (Å²) in [5.41, 5.74) is 0.992. The predicted octanol–water partition coefficient (Wildman–Crippen LogP) is 1.78. The molecule has 1 aliphatic rings. The lowest BCUT2D eigenvalue weighted by Gasteiger charge is -2.37. The average Bonchev–Trinajstić information content (AvgIpc) is 2.77. The zero-order valence-corrected chi connectivity index (χ0v) is 13.1. The molecule has 0 aromatic carbocycles. The van der Waals surface area contributed by atoms with Gasteiger partial charge >= 0.3 is 0 Å². The lowest BCUT2D eigenvalue weighted by atomic mass is 9.91. The highest BCUT2D eigenvalue weighted by atomic mass is 32.1. The van der Waals surface area contributed by atoms with E-state index in [1.807, 2.05) is 13.0 Å². The predicted molar refractivity (Wildman–Crippen MR) is 83.4 cm³/mol. The lowest BCUT2D eigenvalue weighted by Crippen LogP contribution is -2.45. The van der Waals surface area contributed by atoms with E-state index in [4.69, 9.17) is 10.2 Å². The second kappa shape index (κ2) is 7.60. The van der Waals surface area contributed by atoms with E-state index in [0.29, 0.717) is 17.8 Å². The summed E-state index contributed by atoms with van der Waals surface area (Å²) in [6, 6.07) is 2.15. The van der Waals surface area contributed by atoms with Gasteiger partial charge in [0.1, 0.15) is 0 Å². The highest BCUT2D eigenvalue weighted by Gasteiger charge is 2.29. The van der Waals surface area contributed by atoms with Gasteiger partial charge < -0.3 is 15.1 Å². The number of thiophene rings is 1. The summed E-state index contributed by atoms with van der Waals surface area (Å²) in [6.07, 6.45) is 3.65. The summed E-state index contributed by atoms with van der Waals surface area (Å²) in [7, 11) is 0. The number of carbonyl (C=O) groups is 1. The van der Waals surface area contributed by atoms with Gasteiger partial charge in [0.15, 0.2) is 0 Å². The molecule has 1 heterocycles. The van der Waals surface area contributed by atoms with Crippen LogP contribution in [-0.2, 0) is 0 Å². The van der Waals surface area contributed by atoms with Crippen LogP contribution in [0.3, 0.4) is 0 Å². The van der Waals surface area contributed by atoms with Crippen molar-refractivity contribution < 1.29 is 15.0 Å². The van der Waals surface area contributed by atoms with Crippen LogP contribution in [0, 0.1) is 18.8 Å². The highest BCUT2D eigenvalue weighted by molar-refractivity contribution is 7.14. The third-order valence-electron chi connectivity index (χ3n) is 3.68. The number of aryl methyl sites for hydroxylation is 1. The minimum Gasteiger partial charge on any atom is -0.395 e. The zero-order valence-electron chi connectivity index (χ0n) is 12.3. The number of carbonyl (C=O) groups excluding carboxylic acids is 1. The molecule has 5 heteroatoms. The van der Waals surface area contributed by atoms with Crippen LogP contribution in [0.5, 0.6) is 0 Å². The second-order valence-electron chi connectivity index (χ2n) is 5.21. The molecule has 0 atom stereocenters. The molecule has 0 spiro atoms. The van der Waals surface area contributed by atoms with E-state index in [-0.39, 0.29) is 25.2 Å². The summed E-state index contributed by atoms with van der Waals surface area (Å²) in [6.45, 7) is 2.38. The first kappa shape index (κ1) is 16.0. The first-order valence-corrected chi connectivity index (χ1v) is 8.11. The maximum absolute atomic E-state index is 12.6. The molecule has 1 aliphatic carbocycles. The molecule has 1 amide bonds. The van der Waals surface area contributed by atoms with Crippen LogP contribution >= 0.6 is 11.3 Å². The fraction of sp³-hybridized carbons (Fsp3) is 0.562. The van der Waals surface area contributed by atoms with Gasteiger partial charge in [0, 0.05) is 19.0 Å². The van der Waals surface area contributed by atoms with Crippen LogP contribution in [0.1, 0.15) is 45.8 Å². The number of hydrogen-bond donors (Lipinski definition) is 2. The Morgan fingerprint density at radius 1 is 1.43 bits per heavy atom. The van der Waals surface area contributed by atoms with Crippen LogP contribution in [0.15, 0.2) is 6.07 Å². The maximum Gasteiger partial charge on any atom is 0.264 e. The van der Waals surface area contributed by atoms with Crippen molar-refractivity contribution in [3.05, 3.63) is 21.4 Å². The van der Waals surface area contributed by atoms with Gasteiger partial charge in [-0.05, 0) is 37.8 Å². The van der Waals surface area contributed by atoms with Gasteiger partial charge in [-0.15, -0.1) is 11.3 Å². The number of amides is 1. The second-order valence-corrected chi connectivity index (χ2v) is 6.26. The molecule has 1 aromatic rings. The Hall–Kier alpha value is -1.35. The molecule has 0 saturated heterocycles. The third-order valence-corrected chi connectivity index (χ3v) is 4.83. The fourth-order valence-electron chi connectivity index (χ4n) is 2.31. The Kier molecular flexibility index (Phi) is 5.80. The minimum absolute atomic E-state index is 0.00272. The topological polar surface area (TPSA) is 60.8 Å². The molecule has 4 nitrogen and oxygen atoms in total. The van der Waals surface area contributed by atoms with Gasteiger partial charge in [-0.1, -0.05) is 11.8 Å². The van der Waals surface area contributed by atoms with Gasteiger partial charge in [0.2, 0.25) is 0 Å². The average molecular weight is 307 g/mol. The van der Waals surface area contributed by atoms with Crippen molar-refractivity contribution in [2.45, 2.75) is 38.6 Å². The van der Waals surface area contributed by atoms with Crippen molar-refractivity contribution in [2.24, 2.45) is 0 Å². The van der Waals surface area contributed by atoms with Crippen molar-refractivity contribution in [3.63, 3.8) is 0 Å². The highest BCUT2D eigenvalue weighted by Crippen LogP contribution is 2.28. The molecular formula is C16H21NO3S. The van der Waals surface area contributed by atoms with E-state index in [1.165, 1.54) is 11.3 Å². The molecular weight excluding hydrogens is 286 g/mol. The zero-order chi connectivity index (χ0) is 15.2.